The van der Waals surface area contributed by atoms with Crippen molar-refractivity contribution in [2.45, 2.75) is 6.43 Å². The summed E-state index contributed by atoms with van der Waals surface area (Å²) in [5.74, 6) is -3.23. The van der Waals surface area contributed by atoms with Crippen molar-refractivity contribution in [3.05, 3.63) is 29.1 Å². The van der Waals surface area contributed by atoms with Crippen molar-refractivity contribution in [3.8, 4) is 0 Å². The van der Waals surface area contributed by atoms with E-state index in [1.54, 1.807) is 0 Å². The lowest BCUT2D eigenvalue weighted by Gasteiger charge is -2.01. The normalized spacial score (nSPS) is 10.5. The molecular weight excluding hydrogens is 190 g/mol. The second-order valence-corrected chi connectivity index (χ2v) is 2.15. The second kappa shape index (κ2) is 3.51. The van der Waals surface area contributed by atoms with Crippen LogP contribution < -0.4 is 0 Å². The Bertz CT molecular complexity index is 340. The van der Waals surface area contributed by atoms with E-state index in [0.717, 1.165) is 0 Å². The smallest absolute Gasteiger partial charge is 0.283 e. The third-order valence-electron chi connectivity index (χ3n) is 1.29. The Morgan fingerprint density at radius 1 is 1.38 bits per heavy atom. The van der Waals surface area contributed by atoms with E-state index in [-0.39, 0.29) is 6.29 Å². The summed E-state index contributed by atoms with van der Waals surface area (Å²) < 4.78 is 48.9. The van der Waals surface area contributed by atoms with Gasteiger partial charge in [0, 0.05) is 6.07 Å². The molecule has 0 radical (unpaired) electrons. The summed E-state index contributed by atoms with van der Waals surface area (Å²) in [6.07, 6.45) is -3.18. The van der Waals surface area contributed by atoms with E-state index >= 15 is 0 Å². The van der Waals surface area contributed by atoms with Gasteiger partial charge in [0.1, 0.15) is 11.4 Å². The Kier molecular flexibility index (Phi) is 2.60. The number of aromatic nitrogens is 1. The lowest BCUT2D eigenvalue weighted by molar-refractivity contribution is 0.111. The molecule has 70 valence electrons. The van der Waals surface area contributed by atoms with Crippen LogP contribution in [-0.4, -0.2) is 11.3 Å². The maximum Gasteiger partial charge on any atom is 0.283 e. The highest BCUT2D eigenvalue weighted by Gasteiger charge is 2.19. The molecule has 0 saturated heterocycles. The summed E-state index contributed by atoms with van der Waals surface area (Å²) in [7, 11) is 0. The molecule has 0 aromatic carbocycles. The van der Waals surface area contributed by atoms with Gasteiger partial charge in [-0.2, -0.15) is 0 Å². The fraction of sp³-hybridized carbons (Fsp3) is 0.143. The maximum atomic E-state index is 12.5. The van der Waals surface area contributed by atoms with Gasteiger partial charge in [-0.25, -0.2) is 22.5 Å². The van der Waals surface area contributed by atoms with Crippen LogP contribution in [0.15, 0.2) is 6.07 Å². The molecule has 13 heavy (non-hydrogen) atoms. The van der Waals surface area contributed by atoms with Gasteiger partial charge >= 0.3 is 0 Å². The zero-order chi connectivity index (χ0) is 10.0. The molecule has 0 fully saturated rings. The summed E-state index contributed by atoms with van der Waals surface area (Å²) in [5, 5.41) is 0. The van der Waals surface area contributed by atoms with Gasteiger partial charge in [0.25, 0.3) is 6.43 Å². The molecule has 0 unspecified atom stereocenters. The Labute approximate surface area is 70.2 Å². The molecule has 0 atom stereocenters. The number of hydrogen-bond acceptors (Lipinski definition) is 2. The minimum Gasteiger partial charge on any atom is -0.296 e. The zero-order valence-electron chi connectivity index (χ0n) is 6.10. The predicted molar refractivity (Wildman–Crippen MR) is 34.5 cm³/mol. The van der Waals surface area contributed by atoms with Crippen molar-refractivity contribution in [3.63, 3.8) is 0 Å². The lowest BCUT2D eigenvalue weighted by atomic mass is 10.3. The highest BCUT2D eigenvalue weighted by Crippen LogP contribution is 2.21. The third-order valence-corrected chi connectivity index (χ3v) is 1.29. The van der Waals surface area contributed by atoms with Crippen LogP contribution in [0.5, 0.6) is 0 Å². The van der Waals surface area contributed by atoms with E-state index in [9.17, 15) is 22.4 Å². The average Bonchev–Trinajstić information content (AvgIpc) is 2.09. The number of carbonyl (C=O) groups excluding carboxylic acids is 1. The molecule has 1 aromatic heterocycles. The quantitative estimate of drug-likeness (QED) is 0.531. The Balaban J connectivity index is 3.32. The van der Waals surface area contributed by atoms with Crippen LogP contribution >= 0.6 is 0 Å². The van der Waals surface area contributed by atoms with Crippen LogP contribution in [-0.2, 0) is 0 Å². The summed E-state index contributed by atoms with van der Waals surface area (Å²) in [5.41, 5.74) is -1.91. The van der Waals surface area contributed by atoms with Crippen molar-refractivity contribution in [2.24, 2.45) is 0 Å². The van der Waals surface area contributed by atoms with Gasteiger partial charge < -0.3 is 0 Å². The molecule has 0 amide bonds. The standard InChI is InChI=1S/C7H3F4NO/c8-4-1-3(2-13)12-6(5(4)9)7(10)11/h1-2,7H. The minimum atomic E-state index is -3.24. The number of hydrogen-bond donors (Lipinski definition) is 0. The van der Waals surface area contributed by atoms with E-state index in [1.807, 2.05) is 0 Å². The van der Waals surface area contributed by atoms with Crippen LogP contribution in [0.3, 0.4) is 0 Å². The molecule has 2 nitrogen and oxygen atoms in total. The molecule has 0 bridgehead atoms. The first-order valence-electron chi connectivity index (χ1n) is 3.15. The monoisotopic (exact) mass is 193 g/mol. The van der Waals surface area contributed by atoms with E-state index in [4.69, 9.17) is 0 Å². The number of nitrogens with zero attached hydrogens (tertiary/aromatic N) is 1. The van der Waals surface area contributed by atoms with Crippen molar-refractivity contribution in [2.75, 3.05) is 0 Å². The van der Waals surface area contributed by atoms with Gasteiger partial charge in [-0.05, 0) is 0 Å². The first kappa shape index (κ1) is 9.63. The molecular formula is C7H3F4NO. The minimum absolute atomic E-state index is 0.0639. The molecule has 0 saturated carbocycles. The number of halogens is 4. The molecule has 0 aliphatic carbocycles. The fourth-order valence-electron chi connectivity index (χ4n) is 0.741. The third kappa shape index (κ3) is 1.82. The fourth-order valence-corrected chi connectivity index (χ4v) is 0.741. The van der Waals surface area contributed by atoms with Gasteiger partial charge in [0.2, 0.25) is 0 Å². The molecule has 1 rings (SSSR count). The van der Waals surface area contributed by atoms with Crippen molar-refractivity contribution in [1.29, 1.82) is 0 Å². The number of alkyl halides is 2. The van der Waals surface area contributed by atoms with E-state index < -0.39 is 29.4 Å². The van der Waals surface area contributed by atoms with Crippen LogP contribution in [0, 0.1) is 11.6 Å². The molecule has 0 aliphatic heterocycles. The topological polar surface area (TPSA) is 30.0 Å². The predicted octanol–water partition coefficient (Wildman–Crippen LogP) is 2.11. The molecule has 0 N–H and O–H groups in total. The Morgan fingerprint density at radius 2 is 2.00 bits per heavy atom. The van der Waals surface area contributed by atoms with Gasteiger partial charge in [-0.1, -0.05) is 0 Å². The molecule has 6 heteroatoms. The average molecular weight is 193 g/mol. The Morgan fingerprint density at radius 3 is 2.46 bits per heavy atom. The first-order chi connectivity index (χ1) is 6.06. The highest BCUT2D eigenvalue weighted by atomic mass is 19.3. The van der Waals surface area contributed by atoms with Crippen LogP contribution in [0.4, 0.5) is 17.6 Å². The Hall–Kier alpha value is -1.46. The molecule has 0 spiro atoms. The second-order valence-electron chi connectivity index (χ2n) is 2.15. The van der Waals surface area contributed by atoms with Gasteiger partial charge in [-0.15, -0.1) is 0 Å². The van der Waals surface area contributed by atoms with Crippen molar-refractivity contribution in [1.82, 2.24) is 4.98 Å². The summed E-state index contributed by atoms with van der Waals surface area (Å²) in [6, 6.07) is 0.453. The summed E-state index contributed by atoms with van der Waals surface area (Å²) >= 11 is 0. The van der Waals surface area contributed by atoms with Crippen LogP contribution in [0.2, 0.25) is 0 Å². The summed E-state index contributed by atoms with van der Waals surface area (Å²) in [4.78, 5) is 13.0. The van der Waals surface area contributed by atoms with E-state index in [0.29, 0.717) is 6.07 Å². The zero-order valence-corrected chi connectivity index (χ0v) is 6.10. The van der Waals surface area contributed by atoms with E-state index in [1.165, 1.54) is 0 Å². The number of pyridine rings is 1. The summed E-state index contributed by atoms with van der Waals surface area (Å²) in [6.45, 7) is 0. The van der Waals surface area contributed by atoms with Crippen LogP contribution in [0.25, 0.3) is 0 Å². The number of rotatable bonds is 2. The van der Waals surface area contributed by atoms with Gasteiger partial charge in [-0.3, -0.25) is 4.79 Å². The highest BCUT2D eigenvalue weighted by molar-refractivity contribution is 5.71. The van der Waals surface area contributed by atoms with Crippen LogP contribution in [0.1, 0.15) is 22.6 Å². The van der Waals surface area contributed by atoms with E-state index in [2.05, 4.69) is 4.98 Å². The van der Waals surface area contributed by atoms with Crippen molar-refractivity contribution < 1.29 is 22.4 Å². The molecule has 0 aliphatic rings. The molecule has 1 heterocycles. The van der Waals surface area contributed by atoms with Gasteiger partial charge in [0.05, 0.1) is 0 Å². The molecule has 1 aromatic rings. The van der Waals surface area contributed by atoms with Gasteiger partial charge in [0.15, 0.2) is 17.9 Å². The maximum absolute atomic E-state index is 12.5. The number of carbonyl (C=O) groups is 1. The van der Waals surface area contributed by atoms with Crippen molar-refractivity contribution >= 4 is 6.29 Å². The lowest BCUT2D eigenvalue weighted by Crippen LogP contribution is -2.02. The SMILES string of the molecule is O=Cc1cc(F)c(F)c(C(F)F)n1. The first-order valence-corrected chi connectivity index (χ1v) is 3.15. The largest absolute Gasteiger partial charge is 0.296 e. The number of aldehydes is 1.